The molecular formula is C21H22N6O2S. The third-order valence-electron chi connectivity index (χ3n) is 5.86. The Hall–Kier alpha value is -3.12. The van der Waals surface area contributed by atoms with Crippen LogP contribution in [-0.4, -0.2) is 58.2 Å². The second-order valence-corrected chi connectivity index (χ2v) is 8.77. The number of nitrogens with zero attached hydrogens (tertiary/aromatic N) is 5. The number of carbonyl (C=O) groups is 1. The lowest BCUT2D eigenvalue weighted by Gasteiger charge is -2.37. The van der Waals surface area contributed by atoms with Crippen molar-refractivity contribution in [1.29, 1.82) is 5.26 Å². The lowest BCUT2D eigenvalue weighted by atomic mass is 9.96. The molecule has 1 N–H and O–H groups in total. The van der Waals surface area contributed by atoms with Crippen LogP contribution in [0.5, 0.6) is 0 Å². The molecular weight excluding hydrogens is 400 g/mol. The normalized spacial score (nSPS) is 17.1. The van der Waals surface area contributed by atoms with Gasteiger partial charge in [0.15, 0.2) is 0 Å². The van der Waals surface area contributed by atoms with Crippen LogP contribution in [0, 0.1) is 18.3 Å². The van der Waals surface area contributed by atoms with E-state index < -0.39 is 0 Å². The van der Waals surface area contributed by atoms with Gasteiger partial charge in [-0.1, -0.05) is 0 Å². The van der Waals surface area contributed by atoms with Crippen LogP contribution < -0.4 is 4.90 Å². The average Bonchev–Trinajstić information content (AvgIpc) is 3.33. The number of H-pyrrole nitrogens is 1. The van der Waals surface area contributed by atoms with Gasteiger partial charge in [-0.05, 0) is 32.3 Å². The van der Waals surface area contributed by atoms with Crippen LogP contribution >= 0.6 is 11.3 Å². The molecule has 154 valence electrons. The van der Waals surface area contributed by atoms with E-state index in [1.807, 2.05) is 18.4 Å². The van der Waals surface area contributed by atoms with Crippen LogP contribution in [0.1, 0.15) is 29.8 Å². The molecule has 0 aromatic carbocycles. The van der Waals surface area contributed by atoms with E-state index in [1.54, 1.807) is 22.4 Å². The van der Waals surface area contributed by atoms with Crippen molar-refractivity contribution in [2.45, 2.75) is 32.3 Å². The number of aromatic amines is 1. The Bertz CT molecular complexity index is 1130. The number of hydrogen-bond donors (Lipinski definition) is 1. The molecule has 0 unspecified atom stereocenters. The molecule has 0 bridgehead atoms. The zero-order valence-electron chi connectivity index (χ0n) is 16.7. The minimum atomic E-state index is -0.209. The van der Waals surface area contributed by atoms with Crippen LogP contribution in [0.15, 0.2) is 17.6 Å². The third kappa shape index (κ3) is 3.27. The van der Waals surface area contributed by atoms with Crippen molar-refractivity contribution in [2.75, 3.05) is 31.1 Å². The topological polar surface area (TPSA) is 98.1 Å². The summed E-state index contributed by atoms with van der Waals surface area (Å²) >= 11 is 1.55. The number of rotatable bonds is 3. The molecule has 3 aromatic heterocycles. The fraction of sp³-hybridized carbons (Fsp3) is 0.429. The third-order valence-corrected chi connectivity index (χ3v) is 6.63. The van der Waals surface area contributed by atoms with Gasteiger partial charge in [-0.15, -0.1) is 11.3 Å². The van der Waals surface area contributed by atoms with Crippen molar-refractivity contribution in [3.05, 3.63) is 28.2 Å². The zero-order valence-corrected chi connectivity index (χ0v) is 17.5. The first-order chi connectivity index (χ1) is 14.6. The molecule has 4 heterocycles. The number of hydrogen-bond acceptors (Lipinski definition) is 7. The maximum atomic E-state index is 12.3. The lowest BCUT2D eigenvalue weighted by molar-refractivity contribution is 0.0260. The van der Waals surface area contributed by atoms with Crippen molar-refractivity contribution < 1.29 is 9.53 Å². The summed E-state index contributed by atoms with van der Waals surface area (Å²) in [4.78, 5) is 28.6. The number of carbonyl (C=O) groups excluding carboxylic acids is 1. The molecule has 2 aliphatic rings. The first-order valence-corrected chi connectivity index (χ1v) is 11.1. The van der Waals surface area contributed by atoms with Crippen molar-refractivity contribution in [1.82, 2.24) is 19.9 Å². The summed E-state index contributed by atoms with van der Waals surface area (Å²) in [6, 6.07) is 4.29. The Morgan fingerprint density at radius 3 is 2.77 bits per heavy atom. The molecule has 9 heteroatoms. The average molecular weight is 423 g/mol. The number of aromatic nitrogens is 3. The highest BCUT2D eigenvalue weighted by molar-refractivity contribution is 7.09. The number of ether oxygens (including phenoxy) is 1. The molecule has 1 aliphatic carbocycles. The monoisotopic (exact) mass is 422 g/mol. The molecule has 1 amide bonds. The van der Waals surface area contributed by atoms with Crippen molar-refractivity contribution in [2.24, 2.45) is 0 Å². The summed E-state index contributed by atoms with van der Waals surface area (Å²) in [6.45, 7) is 4.50. The summed E-state index contributed by atoms with van der Waals surface area (Å²) in [6.07, 6.45) is 4.74. The summed E-state index contributed by atoms with van der Waals surface area (Å²) < 4.78 is 5.53. The highest BCUT2D eigenvalue weighted by atomic mass is 32.1. The Morgan fingerprint density at radius 2 is 2.13 bits per heavy atom. The molecule has 1 saturated carbocycles. The SMILES string of the molecule is Cc1nc(-c2[nH]c3nccc(N4CCN(C(=O)OC5CCC5)CC4)c3c2C#N)cs1. The maximum Gasteiger partial charge on any atom is 0.410 e. The number of nitriles is 1. The second-order valence-electron chi connectivity index (χ2n) is 7.70. The largest absolute Gasteiger partial charge is 0.446 e. The van der Waals surface area contributed by atoms with E-state index >= 15 is 0 Å². The van der Waals surface area contributed by atoms with Crippen LogP contribution in [0.25, 0.3) is 22.4 Å². The lowest BCUT2D eigenvalue weighted by Crippen LogP contribution is -2.50. The minimum Gasteiger partial charge on any atom is -0.446 e. The number of pyridine rings is 1. The number of amides is 1. The van der Waals surface area contributed by atoms with E-state index in [0.717, 1.165) is 41.0 Å². The number of fused-ring (bicyclic) bond motifs is 1. The Balaban J connectivity index is 1.40. The molecule has 0 radical (unpaired) electrons. The predicted molar refractivity (Wildman–Crippen MR) is 115 cm³/mol. The maximum absolute atomic E-state index is 12.3. The predicted octanol–water partition coefficient (Wildman–Crippen LogP) is 3.68. The van der Waals surface area contributed by atoms with E-state index in [0.29, 0.717) is 43.1 Å². The van der Waals surface area contributed by atoms with Crippen molar-refractivity contribution in [3.63, 3.8) is 0 Å². The number of aryl methyl sites for hydroxylation is 1. The van der Waals surface area contributed by atoms with Crippen LogP contribution in [0.2, 0.25) is 0 Å². The fourth-order valence-corrected chi connectivity index (χ4v) is 4.58. The van der Waals surface area contributed by atoms with E-state index in [1.165, 1.54) is 0 Å². The van der Waals surface area contributed by atoms with E-state index in [2.05, 4.69) is 25.9 Å². The van der Waals surface area contributed by atoms with Gasteiger partial charge in [0, 0.05) is 37.8 Å². The Kier molecular flexibility index (Phi) is 4.79. The fourth-order valence-electron chi connectivity index (χ4n) is 3.98. The van der Waals surface area contributed by atoms with Gasteiger partial charge in [0.2, 0.25) is 0 Å². The van der Waals surface area contributed by atoms with Gasteiger partial charge in [0.25, 0.3) is 0 Å². The summed E-state index contributed by atoms with van der Waals surface area (Å²) in [5.74, 6) is 0. The smallest absolute Gasteiger partial charge is 0.410 e. The number of thiazole rings is 1. The second kappa shape index (κ2) is 7.61. The molecule has 3 aromatic rings. The highest BCUT2D eigenvalue weighted by Crippen LogP contribution is 2.35. The first kappa shape index (κ1) is 18.9. The van der Waals surface area contributed by atoms with E-state index in [-0.39, 0.29) is 12.2 Å². The van der Waals surface area contributed by atoms with Gasteiger partial charge in [0.05, 0.1) is 33.0 Å². The molecule has 30 heavy (non-hydrogen) atoms. The van der Waals surface area contributed by atoms with Crippen molar-refractivity contribution >= 4 is 34.2 Å². The molecule has 8 nitrogen and oxygen atoms in total. The Labute approximate surface area is 178 Å². The van der Waals surface area contributed by atoms with Crippen LogP contribution in [-0.2, 0) is 4.74 Å². The van der Waals surface area contributed by atoms with Crippen LogP contribution in [0.4, 0.5) is 10.5 Å². The zero-order chi connectivity index (χ0) is 20.7. The molecule has 2 fully saturated rings. The first-order valence-electron chi connectivity index (χ1n) is 10.2. The minimum absolute atomic E-state index is 0.0983. The van der Waals surface area contributed by atoms with Gasteiger partial charge in [-0.3, -0.25) is 0 Å². The van der Waals surface area contributed by atoms with E-state index in [9.17, 15) is 10.1 Å². The molecule has 1 aliphatic heterocycles. The van der Waals surface area contributed by atoms with Gasteiger partial charge in [-0.2, -0.15) is 5.26 Å². The van der Waals surface area contributed by atoms with Gasteiger partial charge >= 0.3 is 6.09 Å². The van der Waals surface area contributed by atoms with E-state index in [4.69, 9.17) is 4.74 Å². The number of piperazine rings is 1. The number of anilines is 1. The quantitative estimate of drug-likeness (QED) is 0.691. The molecule has 1 saturated heterocycles. The molecule has 5 rings (SSSR count). The molecule has 0 spiro atoms. The summed E-state index contributed by atoms with van der Waals surface area (Å²) in [5.41, 5.74) is 3.67. The van der Waals surface area contributed by atoms with Crippen molar-refractivity contribution in [3.8, 4) is 17.5 Å². The van der Waals surface area contributed by atoms with Gasteiger partial charge in [-0.25, -0.2) is 14.8 Å². The van der Waals surface area contributed by atoms with Gasteiger partial charge < -0.3 is 19.5 Å². The molecule has 0 atom stereocenters. The number of nitrogens with one attached hydrogen (secondary N) is 1. The summed E-state index contributed by atoms with van der Waals surface area (Å²) in [7, 11) is 0. The summed E-state index contributed by atoms with van der Waals surface area (Å²) in [5, 5.41) is 13.6. The van der Waals surface area contributed by atoms with Gasteiger partial charge in [0.1, 0.15) is 17.8 Å². The standard InChI is InChI=1S/C21H22N6O2S/c1-13-24-16(12-30-13)19-15(11-22)18-17(5-6-23-20(18)25-19)26-7-9-27(10-8-26)21(28)29-14-3-2-4-14/h5-6,12,14H,2-4,7-10H2,1H3,(H,23,25). The van der Waals surface area contributed by atoms with Crippen LogP contribution in [0.3, 0.4) is 0 Å². The Morgan fingerprint density at radius 1 is 1.33 bits per heavy atom. The highest BCUT2D eigenvalue weighted by Gasteiger charge is 2.29.